The van der Waals surface area contributed by atoms with Crippen molar-refractivity contribution in [1.29, 1.82) is 5.26 Å². The van der Waals surface area contributed by atoms with E-state index < -0.39 is 51.6 Å². The van der Waals surface area contributed by atoms with Gasteiger partial charge >= 0.3 is 0 Å². The zero-order valence-corrected chi connectivity index (χ0v) is 16.3. The molecule has 2 aliphatic rings. The van der Waals surface area contributed by atoms with Crippen LogP contribution < -0.4 is 5.73 Å². The fourth-order valence-electron chi connectivity index (χ4n) is 3.93. The molecule has 0 unspecified atom stereocenters. The second-order valence-corrected chi connectivity index (χ2v) is 7.84. The first-order valence-corrected chi connectivity index (χ1v) is 9.57. The number of halogens is 6. The van der Waals surface area contributed by atoms with Gasteiger partial charge in [0.25, 0.3) is 0 Å². The Hall–Kier alpha value is -3.02. The van der Waals surface area contributed by atoms with Gasteiger partial charge in [-0.15, -0.1) is 0 Å². The number of hydrogen-bond donors (Lipinski definition) is 1. The molecule has 1 amide bonds. The van der Waals surface area contributed by atoms with Gasteiger partial charge in [-0.25, -0.2) is 26.3 Å². The number of hydrogen-bond acceptors (Lipinski definition) is 2. The highest BCUT2D eigenvalue weighted by Crippen LogP contribution is 2.45. The number of nitrogens with zero attached hydrogens (tertiary/aromatic N) is 1. The van der Waals surface area contributed by atoms with Crippen LogP contribution in [-0.4, -0.2) is 5.91 Å². The number of rotatable bonds is 3. The van der Waals surface area contributed by atoms with E-state index in [0.717, 1.165) is 25.0 Å². The average Bonchev–Trinajstić information content (AvgIpc) is 2.62. The summed E-state index contributed by atoms with van der Waals surface area (Å²) >= 11 is 0. The normalized spacial score (nSPS) is 18.0. The molecule has 0 heterocycles. The largest absolute Gasteiger partial charge is 0.369 e. The molecule has 2 N–H and O–H groups in total. The maximum atomic E-state index is 13.5. The van der Waals surface area contributed by atoms with Crippen molar-refractivity contribution >= 4 is 5.91 Å². The van der Waals surface area contributed by atoms with Gasteiger partial charge in [-0.05, 0) is 44.2 Å². The minimum Gasteiger partial charge on any atom is -0.369 e. The monoisotopic (exact) mass is 440 g/mol. The first kappa shape index (κ1) is 22.7. The Labute approximate surface area is 174 Å². The van der Waals surface area contributed by atoms with Crippen LogP contribution in [-0.2, 0) is 15.6 Å². The van der Waals surface area contributed by atoms with Crippen molar-refractivity contribution in [2.75, 3.05) is 0 Å². The highest BCUT2D eigenvalue weighted by atomic mass is 19.2. The summed E-state index contributed by atoms with van der Waals surface area (Å²) in [4.78, 5) is 11.3. The van der Waals surface area contributed by atoms with Crippen LogP contribution in [0.15, 0.2) is 24.3 Å². The summed E-state index contributed by atoms with van der Waals surface area (Å²) < 4.78 is 78.2. The van der Waals surface area contributed by atoms with Crippen molar-refractivity contribution in [3.05, 3.63) is 70.3 Å². The van der Waals surface area contributed by atoms with Gasteiger partial charge in [-0.3, -0.25) is 4.79 Å². The Balaban J connectivity index is 0.000000176. The van der Waals surface area contributed by atoms with Gasteiger partial charge in [0.2, 0.25) is 5.91 Å². The van der Waals surface area contributed by atoms with E-state index in [1.807, 2.05) is 6.07 Å². The van der Waals surface area contributed by atoms with Crippen molar-refractivity contribution in [1.82, 2.24) is 0 Å². The molecule has 2 aromatic rings. The second kappa shape index (κ2) is 8.25. The zero-order valence-electron chi connectivity index (χ0n) is 16.3. The molecule has 9 heteroatoms. The van der Waals surface area contributed by atoms with E-state index >= 15 is 0 Å². The molecule has 0 atom stereocenters. The summed E-state index contributed by atoms with van der Waals surface area (Å²) in [5, 5.41) is 8.94. The Morgan fingerprint density at radius 1 is 0.742 bits per heavy atom. The summed E-state index contributed by atoms with van der Waals surface area (Å²) in [6, 6.07) is 4.47. The molecule has 2 fully saturated rings. The van der Waals surface area contributed by atoms with Crippen LogP contribution in [0, 0.1) is 46.2 Å². The van der Waals surface area contributed by atoms with Gasteiger partial charge in [0.15, 0.2) is 23.3 Å². The number of carbonyl (C=O) groups is 1. The smallest absolute Gasteiger partial charge is 0.228 e. The molecule has 4 rings (SSSR count). The van der Waals surface area contributed by atoms with Crippen LogP contribution in [0.3, 0.4) is 0 Å². The van der Waals surface area contributed by atoms with Gasteiger partial charge in [-0.2, -0.15) is 5.26 Å². The lowest BCUT2D eigenvalue weighted by Crippen LogP contribution is -2.47. The SMILES string of the molecule is N#CC1(c2cc(F)c(F)cc2F)CCC1.NC(=O)C1(c2cc(F)c(F)cc2F)CCC1. The van der Waals surface area contributed by atoms with Crippen LogP contribution in [0.2, 0.25) is 0 Å². The number of amides is 1. The topological polar surface area (TPSA) is 66.9 Å². The molecule has 3 nitrogen and oxygen atoms in total. The Bertz CT molecular complexity index is 1070. The molecule has 0 radical (unpaired) electrons. The summed E-state index contributed by atoms with van der Waals surface area (Å²) in [5.74, 6) is -7.20. The minimum absolute atomic E-state index is 0.0184. The van der Waals surface area contributed by atoms with Gasteiger partial charge in [0, 0.05) is 23.3 Å². The molecule has 0 spiro atoms. The van der Waals surface area contributed by atoms with Crippen molar-refractivity contribution in [3.8, 4) is 6.07 Å². The lowest BCUT2D eigenvalue weighted by atomic mass is 9.64. The fourth-order valence-corrected chi connectivity index (χ4v) is 3.93. The molecular formula is C22H18F6N2O. The van der Waals surface area contributed by atoms with E-state index in [9.17, 15) is 31.1 Å². The molecule has 2 saturated carbocycles. The van der Waals surface area contributed by atoms with Crippen molar-refractivity contribution in [2.45, 2.75) is 49.4 Å². The lowest BCUT2D eigenvalue weighted by Gasteiger charge is -2.39. The van der Waals surface area contributed by atoms with Gasteiger partial charge in [0.1, 0.15) is 11.6 Å². The first-order chi connectivity index (χ1) is 14.6. The summed E-state index contributed by atoms with van der Waals surface area (Å²) in [6.45, 7) is 0. The Kier molecular flexibility index (Phi) is 6.03. The Morgan fingerprint density at radius 2 is 1.16 bits per heavy atom. The molecule has 164 valence electrons. The van der Waals surface area contributed by atoms with Crippen LogP contribution in [0.4, 0.5) is 26.3 Å². The van der Waals surface area contributed by atoms with Crippen LogP contribution in [0.1, 0.15) is 49.7 Å². The summed E-state index contributed by atoms with van der Waals surface area (Å²) in [7, 11) is 0. The predicted molar refractivity (Wildman–Crippen MR) is 98.5 cm³/mol. The molecule has 0 bridgehead atoms. The van der Waals surface area contributed by atoms with E-state index in [1.54, 1.807) is 0 Å². The Morgan fingerprint density at radius 3 is 1.52 bits per heavy atom. The molecular weight excluding hydrogens is 422 g/mol. The van der Waals surface area contributed by atoms with Crippen LogP contribution in [0.5, 0.6) is 0 Å². The van der Waals surface area contributed by atoms with E-state index in [0.29, 0.717) is 37.8 Å². The quantitative estimate of drug-likeness (QED) is 0.536. The number of benzene rings is 2. The van der Waals surface area contributed by atoms with Crippen LogP contribution in [0.25, 0.3) is 0 Å². The van der Waals surface area contributed by atoms with Crippen molar-refractivity contribution < 1.29 is 31.1 Å². The minimum atomic E-state index is -1.26. The van der Waals surface area contributed by atoms with Gasteiger partial charge in [0.05, 0.1) is 16.9 Å². The zero-order chi connectivity index (χ0) is 23.0. The van der Waals surface area contributed by atoms with Gasteiger partial charge in [-0.1, -0.05) is 6.42 Å². The number of nitrogens with two attached hydrogens (primary N) is 1. The first-order valence-electron chi connectivity index (χ1n) is 9.57. The second-order valence-electron chi connectivity index (χ2n) is 7.84. The van der Waals surface area contributed by atoms with Crippen molar-refractivity contribution in [3.63, 3.8) is 0 Å². The van der Waals surface area contributed by atoms with E-state index in [-0.39, 0.29) is 11.1 Å². The third kappa shape index (κ3) is 3.87. The average molecular weight is 440 g/mol. The number of nitriles is 1. The van der Waals surface area contributed by atoms with Crippen LogP contribution >= 0.6 is 0 Å². The number of primary amides is 1. The maximum absolute atomic E-state index is 13.5. The van der Waals surface area contributed by atoms with Gasteiger partial charge < -0.3 is 5.73 Å². The highest BCUT2D eigenvalue weighted by molar-refractivity contribution is 5.87. The molecule has 0 saturated heterocycles. The van der Waals surface area contributed by atoms with E-state index in [2.05, 4.69) is 0 Å². The van der Waals surface area contributed by atoms with E-state index in [4.69, 9.17) is 11.0 Å². The van der Waals surface area contributed by atoms with Crippen molar-refractivity contribution in [2.24, 2.45) is 5.73 Å². The molecule has 2 aromatic carbocycles. The highest BCUT2D eigenvalue weighted by Gasteiger charge is 2.46. The molecule has 31 heavy (non-hydrogen) atoms. The number of carbonyl (C=O) groups excluding carboxylic acids is 1. The third-order valence-corrected chi connectivity index (χ3v) is 6.15. The maximum Gasteiger partial charge on any atom is 0.228 e. The molecule has 2 aliphatic carbocycles. The standard InChI is InChI=1S/C11H10F3NO.C11H8F3N/c12-7-5-9(14)8(13)4-6(7)11(10(15)16)2-1-3-11;12-8-5-10(14)9(13)4-7(8)11(6-15)2-1-3-11/h4-5H,1-3H2,(H2,15,16);4-5H,1-3H2. The summed E-state index contributed by atoms with van der Waals surface area (Å²) in [6.07, 6.45) is 3.30. The predicted octanol–water partition coefficient (Wildman–Crippen LogP) is 5.06. The molecule has 0 aliphatic heterocycles. The molecule has 0 aromatic heterocycles. The lowest BCUT2D eigenvalue weighted by molar-refractivity contribution is -0.126. The third-order valence-electron chi connectivity index (χ3n) is 6.15. The summed E-state index contributed by atoms with van der Waals surface area (Å²) in [5.41, 5.74) is 2.95. The fraction of sp³-hybridized carbons (Fsp3) is 0.364. The van der Waals surface area contributed by atoms with E-state index in [1.165, 1.54) is 0 Å².